The molecule has 1 amide bonds. The molecule has 2 N–H and O–H groups in total. The van der Waals surface area contributed by atoms with Gasteiger partial charge in [-0.3, -0.25) is 4.79 Å². The zero-order valence-corrected chi connectivity index (χ0v) is 13.0. The second kappa shape index (κ2) is 7.64. The third-order valence-electron chi connectivity index (χ3n) is 3.00. The first-order valence-electron chi connectivity index (χ1n) is 6.73. The lowest BCUT2D eigenvalue weighted by molar-refractivity contribution is -0.120. The molecule has 2 rings (SSSR count). The van der Waals surface area contributed by atoms with E-state index in [9.17, 15) is 4.79 Å². The average Bonchev–Trinajstić information content (AvgIpc) is 2.95. The number of anilines is 1. The van der Waals surface area contributed by atoms with Crippen LogP contribution in [0.3, 0.4) is 0 Å². The van der Waals surface area contributed by atoms with E-state index < -0.39 is 0 Å². The highest BCUT2D eigenvalue weighted by Gasteiger charge is 2.06. The van der Waals surface area contributed by atoms with Crippen molar-refractivity contribution in [3.63, 3.8) is 0 Å². The normalized spacial score (nSPS) is 10.2. The molecule has 0 fully saturated rings. The monoisotopic (exact) mass is 305 g/mol. The number of rotatable bonds is 7. The first kappa shape index (κ1) is 15.3. The summed E-state index contributed by atoms with van der Waals surface area (Å²) < 4.78 is 5.11. The summed E-state index contributed by atoms with van der Waals surface area (Å²) in [6.07, 6.45) is 1.12. The molecule has 0 atom stereocenters. The Bertz CT molecular complexity index is 581. The fraction of sp³-hybridized carbons (Fsp3) is 0.333. The van der Waals surface area contributed by atoms with Crippen molar-refractivity contribution in [1.82, 2.24) is 10.3 Å². The summed E-state index contributed by atoms with van der Waals surface area (Å²) in [5, 5.41) is 8.60. The van der Waals surface area contributed by atoms with Crippen LogP contribution in [0.1, 0.15) is 11.3 Å². The molecular formula is C15H19N3O2S. The predicted octanol–water partition coefficient (Wildman–Crippen LogP) is 2.09. The third-order valence-corrected chi connectivity index (χ3v) is 3.91. The minimum absolute atomic E-state index is 0.00327. The van der Waals surface area contributed by atoms with E-state index >= 15 is 0 Å². The maximum absolute atomic E-state index is 11.8. The van der Waals surface area contributed by atoms with Crippen LogP contribution in [0.25, 0.3) is 0 Å². The van der Waals surface area contributed by atoms with Crippen LogP contribution in [0.4, 0.5) is 5.13 Å². The van der Waals surface area contributed by atoms with Gasteiger partial charge >= 0.3 is 0 Å². The summed E-state index contributed by atoms with van der Waals surface area (Å²) in [5.41, 5.74) is 1.97. The quantitative estimate of drug-likeness (QED) is 0.822. The number of carbonyl (C=O) groups excluding carboxylic acids is 1. The highest BCUT2D eigenvalue weighted by molar-refractivity contribution is 7.13. The largest absolute Gasteiger partial charge is 0.497 e. The minimum Gasteiger partial charge on any atom is -0.497 e. The molecule has 0 saturated heterocycles. The SMILES string of the molecule is CNc1nc(CC(=O)NCCc2ccc(OC)cc2)cs1. The molecule has 0 saturated carbocycles. The van der Waals surface area contributed by atoms with Crippen molar-refractivity contribution in [2.75, 3.05) is 26.0 Å². The lowest BCUT2D eigenvalue weighted by atomic mass is 10.1. The molecule has 0 aliphatic rings. The van der Waals surface area contributed by atoms with Crippen LogP contribution >= 0.6 is 11.3 Å². The number of hydrogen-bond acceptors (Lipinski definition) is 5. The Morgan fingerprint density at radius 2 is 2.10 bits per heavy atom. The number of hydrogen-bond donors (Lipinski definition) is 2. The topological polar surface area (TPSA) is 63.2 Å². The molecule has 0 bridgehead atoms. The van der Waals surface area contributed by atoms with Crippen LogP contribution in [-0.2, 0) is 17.6 Å². The molecule has 1 heterocycles. The molecule has 1 aromatic heterocycles. The van der Waals surface area contributed by atoms with E-state index in [1.165, 1.54) is 16.9 Å². The molecule has 5 nitrogen and oxygen atoms in total. The number of ether oxygens (including phenoxy) is 1. The fourth-order valence-corrected chi connectivity index (χ4v) is 2.54. The van der Waals surface area contributed by atoms with E-state index in [-0.39, 0.29) is 5.91 Å². The van der Waals surface area contributed by atoms with Gasteiger partial charge in [-0.25, -0.2) is 4.98 Å². The predicted molar refractivity (Wildman–Crippen MR) is 85.1 cm³/mol. The van der Waals surface area contributed by atoms with Gasteiger partial charge in [0, 0.05) is 19.0 Å². The maximum Gasteiger partial charge on any atom is 0.226 e. The summed E-state index contributed by atoms with van der Waals surface area (Å²) in [7, 11) is 3.46. The molecule has 0 radical (unpaired) electrons. The van der Waals surface area contributed by atoms with Crippen molar-refractivity contribution in [1.29, 1.82) is 0 Å². The first-order valence-corrected chi connectivity index (χ1v) is 7.61. The smallest absolute Gasteiger partial charge is 0.226 e. The molecule has 0 aliphatic heterocycles. The number of carbonyl (C=O) groups is 1. The van der Waals surface area contributed by atoms with Gasteiger partial charge in [0.05, 0.1) is 19.2 Å². The number of nitrogens with zero attached hydrogens (tertiary/aromatic N) is 1. The summed E-state index contributed by atoms with van der Waals surface area (Å²) in [4.78, 5) is 16.1. The molecule has 112 valence electrons. The lowest BCUT2D eigenvalue weighted by Gasteiger charge is -2.05. The standard InChI is InChI=1S/C15H19N3O2S/c1-16-15-18-12(10-21-15)9-14(19)17-8-7-11-3-5-13(20-2)6-4-11/h3-6,10H,7-9H2,1-2H3,(H,16,18)(H,17,19). The van der Waals surface area contributed by atoms with Gasteiger partial charge in [-0.2, -0.15) is 0 Å². The molecule has 2 aromatic rings. The van der Waals surface area contributed by atoms with Crippen LogP contribution in [0.2, 0.25) is 0 Å². The van der Waals surface area contributed by atoms with Crippen molar-refractivity contribution in [2.24, 2.45) is 0 Å². The summed E-state index contributed by atoms with van der Waals surface area (Å²) in [6, 6.07) is 7.85. The highest BCUT2D eigenvalue weighted by atomic mass is 32.1. The van der Waals surface area contributed by atoms with Crippen LogP contribution < -0.4 is 15.4 Å². The van der Waals surface area contributed by atoms with E-state index in [4.69, 9.17) is 4.74 Å². The molecule has 0 spiro atoms. The number of amides is 1. The summed E-state index contributed by atoms with van der Waals surface area (Å²) in [6.45, 7) is 0.619. The van der Waals surface area contributed by atoms with Crippen LogP contribution in [0.15, 0.2) is 29.6 Å². The Kier molecular flexibility index (Phi) is 5.57. The van der Waals surface area contributed by atoms with Crippen LogP contribution in [-0.4, -0.2) is 31.6 Å². The van der Waals surface area contributed by atoms with Crippen LogP contribution in [0.5, 0.6) is 5.75 Å². The number of nitrogens with one attached hydrogen (secondary N) is 2. The van der Waals surface area contributed by atoms with Gasteiger partial charge in [-0.1, -0.05) is 12.1 Å². The Morgan fingerprint density at radius 3 is 2.71 bits per heavy atom. The fourth-order valence-electron chi connectivity index (χ4n) is 1.87. The van der Waals surface area contributed by atoms with Crippen molar-refractivity contribution < 1.29 is 9.53 Å². The molecule has 21 heavy (non-hydrogen) atoms. The van der Waals surface area contributed by atoms with Gasteiger partial charge in [-0.05, 0) is 24.1 Å². The number of methoxy groups -OCH3 is 1. The Labute approximate surface area is 128 Å². The molecule has 0 aliphatic carbocycles. The third kappa shape index (κ3) is 4.75. The van der Waals surface area contributed by atoms with Gasteiger partial charge in [0.25, 0.3) is 0 Å². The van der Waals surface area contributed by atoms with E-state index in [1.54, 1.807) is 7.11 Å². The van der Waals surface area contributed by atoms with Gasteiger partial charge in [0.15, 0.2) is 5.13 Å². The Morgan fingerprint density at radius 1 is 1.33 bits per heavy atom. The van der Waals surface area contributed by atoms with Crippen molar-refractivity contribution >= 4 is 22.4 Å². The minimum atomic E-state index is -0.00327. The van der Waals surface area contributed by atoms with Crippen molar-refractivity contribution in [3.8, 4) is 5.75 Å². The Hall–Kier alpha value is -2.08. The van der Waals surface area contributed by atoms with Gasteiger partial charge in [0.1, 0.15) is 5.75 Å². The van der Waals surface area contributed by atoms with Gasteiger partial charge in [0.2, 0.25) is 5.91 Å². The van der Waals surface area contributed by atoms with E-state index in [0.29, 0.717) is 13.0 Å². The summed E-state index contributed by atoms with van der Waals surface area (Å²) >= 11 is 1.50. The second-order valence-electron chi connectivity index (χ2n) is 4.52. The highest BCUT2D eigenvalue weighted by Crippen LogP contribution is 2.14. The van der Waals surface area contributed by atoms with E-state index in [0.717, 1.165) is 23.0 Å². The number of thiazole rings is 1. The average molecular weight is 305 g/mol. The molecular weight excluding hydrogens is 286 g/mol. The van der Waals surface area contributed by atoms with E-state index in [2.05, 4.69) is 15.6 Å². The number of benzene rings is 1. The van der Waals surface area contributed by atoms with E-state index in [1.807, 2.05) is 36.7 Å². The zero-order chi connectivity index (χ0) is 15.1. The molecule has 6 heteroatoms. The first-order chi connectivity index (χ1) is 10.2. The van der Waals surface area contributed by atoms with Crippen LogP contribution in [0, 0.1) is 0 Å². The lowest BCUT2D eigenvalue weighted by Crippen LogP contribution is -2.27. The van der Waals surface area contributed by atoms with Gasteiger partial charge in [-0.15, -0.1) is 11.3 Å². The Balaban J connectivity index is 1.73. The maximum atomic E-state index is 11.8. The number of aromatic nitrogens is 1. The molecule has 1 aromatic carbocycles. The zero-order valence-electron chi connectivity index (χ0n) is 12.2. The molecule has 0 unspecified atom stereocenters. The van der Waals surface area contributed by atoms with Gasteiger partial charge < -0.3 is 15.4 Å². The van der Waals surface area contributed by atoms with Crippen molar-refractivity contribution in [3.05, 3.63) is 40.9 Å². The van der Waals surface area contributed by atoms with Crippen molar-refractivity contribution in [2.45, 2.75) is 12.8 Å². The second-order valence-corrected chi connectivity index (χ2v) is 5.38. The summed E-state index contributed by atoms with van der Waals surface area (Å²) in [5.74, 6) is 0.836.